The van der Waals surface area contributed by atoms with Crippen molar-refractivity contribution in [2.45, 2.75) is 12.4 Å². The van der Waals surface area contributed by atoms with Gasteiger partial charge in [-0.05, 0) is 35.9 Å². The fourth-order valence-corrected chi connectivity index (χ4v) is 4.92. The van der Waals surface area contributed by atoms with E-state index in [1.807, 2.05) is 30.3 Å². The van der Waals surface area contributed by atoms with Crippen molar-refractivity contribution in [3.05, 3.63) is 101 Å². The summed E-state index contributed by atoms with van der Waals surface area (Å²) in [5.74, 6) is -1.17. The van der Waals surface area contributed by atoms with E-state index in [1.165, 1.54) is 18.2 Å². The van der Waals surface area contributed by atoms with Gasteiger partial charge in [0.1, 0.15) is 29.1 Å². The maximum absolute atomic E-state index is 14.0. The molecule has 0 bridgehead atoms. The molecule has 200 valence electrons. The Hall–Kier alpha value is -3.89. The number of rotatable bonds is 7. The third-order valence-electron chi connectivity index (χ3n) is 6.97. The Kier molecular flexibility index (Phi) is 7.21. The van der Waals surface area contributed by atoms with Gasteiger partial charge in [-0.15, -0.1) is 0 Å². The Morgan fingerprint density at radius 1 is 1.03 bits per heavy atom. The first kappa shape index (κ1) is 25.4. The van der Waals surface area contributed by atoms with E-state index in [2.05, 4.69) is 14.9 Å². The Labute approximate surface area is 224 Å². The molecule has 2 aliphatic rings. The summed E-state index contributed by atoms with van der Waals surface area (Å²) < 4.78 is 31.5. The first-order valence-corrected chi connectivity index (χ1v) is 12.9. The summed E-state index contributed by atoms with van der Waals surface area (Å²) in [6.45, 7) is 4.11. The minimum atomic E-state index is -0.553. The van der Waals surface area contributed by atoms with E-state index < -0.39 is 11.6 Å². The SMILES string of the molecule is O=C(C(=C(O)c1cccc(C2COC(CN3CCOCC3)O2)c1)c1nc2ccccc2[nH]1)c1cccc(F)c1. The van der Waals surface area contributed by atoms with E-state index in [4.69, 9.17) is 14.2 Å². The Morgan fingerprint density at radius 3 is 2.64 bits per heavy atom. The van der Waals surface area contributed by atoms with Gasteiger partial charge >= 0.3 is 0 Å². The third-order valence-corrected chi connectivity index (χ3v) is 6.97. The highest BCUT2D eigenvalue weighted by Gasteiger charge is 2.30. The lowest BCUT2D eigenvalue weighted by molar-refractivity contribution is -0.0881. The van der Waals surface area contributed by atoms with Crippen LogP contribution in [0.2, 0.25) is 0 Å². The number of fused-ring (bicyclic) bond motifs is 1. The van der Waals surface area contributed by atoms with E-state index in [9.17, 15) is 14.3 Å². The maximum Gasteiger partial charge on any atom is 0.200 e. The molecule has 2 fully saturated rings. The standard InChI is InChI=1S/C30H28FN3O5/c31-22-8-4-7-21(16-22)29(36)27(30-32-23-9-1-2-10-24(23)33-30)28(35)20-6-3-5-19(15-20)25-18-38-26(39-25)17-34-11-13-37-14-12-34/h1-10,15-16,25-26,35H,11-14,17-18H2,(H,32,33). The quantitative estimate of drug-likeness (QED) is 0.202. The highest BCUT2D eigenvalue weighted by atomic mass is 19.1. The molecule has 3 aromatic carbocycles. The summed E-state index contributed by atoms with van der Waals surface area (Å²) in [6, 6.07) is 19.9. The van der Waals surface area contributed by atoms with Crippen molar-refractivity contribution < 1.29 is 28.5 Å². The van der Waals surface area contributed by atoms with Gasteiger partial charge in [-0.1, -0.05) is 42.5 Å². The number of imidazole rings is 1. The number of aliphatic hydroxyl groups is 1. The zero-order valence-electron chi connectivity index (χ0n) is 21.2. The minimum absolute atomic E-state index is 0.0530. The number of nitrogens with zero attached hydrogens (tertiary/aromatic N) is 2. The van der Waals surface area contributed by atoms with Crippen LogP contribution < -0.4 is 0 Å². The number of ketones is 1. The topological polar surface area (TPSA) is 96.9 Å². The fraction of sp³-hybridized carbons (Fsp3) is 0.267. The van der Waals surface area contributed by atoms with Gasteiger partial charge in [0.05, 0.1) is 30.9 Å². The smallest absolute Gasteiger partial charge is 0.200 e. The number of aromatic nitrogens is 2. The van der Waals surface area contributed by atoms with Crippen LogP contribution >= 0.6 is 0 Å². The average molecular weight is 530 g/mol. The number of carbonyl (C=O) groups is 1. The second kappa shape index (κ2) is 11.1. The molecule has 2 aliphatic heterocycles. The predicted octanol–water partition coefficient (Wildman–Crippen LogP) is 4.76. The number of para-hydroxylation sites is 2. The number of halogens is 1. The lowest BCUT2D eigenvalue weighted by Gasteiger charge is -2.28. The number of hydrogen-bond donors (Lipinski definition) is 2. The van der Waals surface area contributed by atoms with Crippen LogP contribution in [0.4, 0.5) is 4.39 Å². The van der Waals surface area contributed by atoms with Crippen molar-refractivity contribution in [1.82, 2.24) is 14.9 Å². The Morgan fingerprint density at radius 2 is 1.82 bits per heavy atom. The van der Waals surface area contributed by atoms with Gasteiger partial charge in [0.2, 0.25) is 5.78 Å². The van der Waals surface area contributed by atoms with Gasteiger partial charge < -0.3 is 24.3 Å². The molecule has 6 rings (SSSR count). The number of carbonyl (C=O) groups excluding carboxylic acids is 1. The van der Waals surface area contributed by atoms with Gasteiger partial charge in [0.25, 0.3) is 0 Å². The lowest BCUT2D eigenvalue weighted by atomic mass is 9.97. The molecular weight excluding hydrogens is 501 g/mol. The molecule has 0 spiro atoms. The molecule has 4 aromatic rings. The number of ether oxygens (including phenoxy) is 3. The van der Waals surface area contributed by atoms with Crippen molar-refractivity contribution in [1.29, 1.82) is 0 Å². The molecule has 0 radical (unpaired) electrons. The van der Waals surface area contributed by atoms with Crippen molar-refractivity contribution >= 4 is 28.1 Å². The number of aromatic amines is 1. The first-order chi connectivity index (χ1) is 19.0. The maximum atomic E-state index is 14.0. The zero-order chi connectivity index (χ0) is 26.8. The molecule has 2 N–H and O–H groups in total. The summed E-state index contributed by atoms with van der Waals surface area (Å²) in [4.78, 5) is 23.6. The second-order valence-corrected chi connectivity index (χ2v) is 9.59. The van der Waals surface area contributed by atoms with Gasteiger partial charge in [0.15, 0.2) is 6.29 Å². The molecule has 2 saturated heterocycles. The molecule has 2 atom stereocenters. The van der Waals surface area contributed by atoms with Crippen LogP contribution in [0.15, 0.2) is 72.8 Å². The predicted molar refractivity (Wildman–Crippen MR) is 144 cm³/mol. The van der Waals surface area contributed by atoms with E-state index in [1.54, 1.807) is 18.2 Å². The van der Waals surface area contributed by atoms with Crippen molar-refractivity contribution in [2.75, 3.05) is 39.5 Å². The Bertz CT molecular complexity index is 1490. The zero-order valence-corrected chi connectivity index (χ0v) is 21.2. The van der Waals surface area contributed by atoms with Crippen LogP contribution in [0.5, 0.6) is 0 Å². The number of nitrogens with one attached hydrogen (secondary N) is 1. The molecule has 39 heavy (non-hydrogen) atoms. The van der Waals surface area contributed by atoms with Gasteiger partial charge in [-0.25, -0.2) is 9.37 Å². The van der Waals surface area contributed by atoms with Crippen LogP contribution in [0.1, 0.15) is 33.4 Å². The van der Waals surface area contributed by atoms with E-state index in [-0.39, 0.29) is 35.1 Å². The highest BCUT2D eigenvalue weighted by molar-refractivity contribution is 6.33. The number of Topliss-reactive ketones (excluding diaryl/α,β-unsaturated/α-hetero) is 1. The molecule has 2 unspecified atom stereocenters. The van der Waals surface area contributed by atoms with Crippen LogP contribution in [0.3, 0.4) is 0 Å². The molecule has 8 nitrogen and oxygen atoms in total. The Balaban J connectivity index is 1.33. The lowest BCUT2D eigenvalue weighted by Crippen LogP contribution is -2.41. The van der Waals surface area contributed by atoms with Gasteiger partial charge in [-0.3, -0.25) is 9.69 Å². The third kappa shape index (κ3) is 5.48. The first-order valence-electron chi connectivity index (χ1n) is 12.9. The summed E-state index contributed by atoms with van der Waals surface area (Å²) in [7, 11) is 0. The van der Waals surface area contributed by atoms with E-state index >= 15 is 0 Å². The summed E-state index contributed by atoms with van der Waals surface area (Å²) >= 11 is 0. The summed E-state index contributed by atoms with van der Waals surface area (Å²) in [5.41, 5.74) is 2.62. The van der Waals surface area contributed by atoms with Crippen LogP contribution in [-0.2, 0) is 14.2 Å². The van der Waals surface area contributed by atoms with Crippen LogP contribution in [0.25, 0.3) is 22.4 Å². The summed E-state index contributed by atoms with van der Waals surface area (Å²) in [6.07, 6.45) is -0.682. The number of morpholine rings is 1. The molecule has 1 aromatic heterocycles. The summed E-state index contributed by atoms with van der Waals surface area (Å²) in [5, 5.41) is 11.5. The molecule has 0 amide bonds. The fourth-order valence-electron chi connectivity index (χ4n) is 4.92. The minimum Gasteiger partial charge on any atom is -0.506 e. The number of benzene rings is 3. The van der Waals surface area contributed by atoms with Gasteiger partial charge in [0, 0.05) is 30.8 Å². The second-order valence-electron chi connectivity index (χ2n) is 9.59. The van der Waals surface area contributed by atoms with Crippen LogP contribution in [0, 0.1) is 5.82 Å². The molecule has 9 heteroatoms. The molecule has 0 aliphatic carbocycles. The highest BCUT2D eigenvalue weighted by Crippen LogP contribution is 2.32. The largest absolute Gasteiger partial charge is 0.506 e. The number of aliphatic hydroxyl groups excluding tert-OH is 1. The normalized spacial score (nSPS) is 20.7. The van der Waals surface area contributed by atoms with E-state index in [0.29, 0.717) is 43.0 Å². The molecule has 3 heterocycles. The van der Waals surface area contributed by atoms with Crippen molar-refractivity contribution in [2.24, 2.45) is 0 Å². The van der Waals surface area contributed by atoms with Crippen molar-refractivity contribution in [3.8, 4) is 0 Å². The van der Waals surface area contributed by atoms with Crippen molar-refractivity contribution in [3.63, 3.8) is 0 Å². The van der Waals surface area contributed by atoms with Gasteiger partial charge in [-0.2, -0.15) is 0 Å². The van der Waals surface area contributed by atoms with E-state index in [0.717, 1.165) is 24.7 Å². The van der Waals surface area contributed by atoms with Crippen LogP contribution in [-0.4, -0.2) is 71.5 Å². The number of hydrogen-bond acceptors (Lipinski definition) is 7. The average Bonchev–Trinajstić information content (AvgIpc) is 3.61. The number of allylic oxidation sites excluding steroid dienone is 1. The number of H-pyrrole nitrogens is 1. The molecular formula is C30H28FN3O5. The molecule has 0 saturated carbocycles. The monoisotopic (exact) mass is 529 g/mol.